The van der Waals surface area contributed by atoms with Crippen LogP contribution in [0.25, 0.3) is 0 Å². The maximum Gasteiger partial charge on any atom is 0.0626 e. The Morgan fingerprint density at radius 1 is 1.54 bits per heavy atom. The molecule has 1 aromatic carbocycles. The van der Waals surface area contributed by atoms with Crippen LogP contribution in [0.3, 0.4) is 0 Å². The summed E-state index contributed by atoms with van der Waals surface area (Å²) in [6, 6.07) is 7.60. The van der Waals surface area contributed by atoms with Crippen molar-refractivity contribution in [3.05, 3.63) is 42.1 Å². The molecule has 0 aliphatic carbocycles. The van der Waals surface area contributed by atoms with Crippen LogP contribution in [0.2, 0.25) is 0 Å². The van der Waals surface area contributed by atoms with Crippen LogP contribution in [0.15, 0.2) is 36.5 Å². The summed E-state index contributed by atoms with van der Waals surface area (Å²) in [6.45, 7) is 0. The maximum atomic E-state index is 7.60. The largest absolute Gasteiger partial charge is 0.405 e. The first-order chi connectivity index (χ1) is 6.27. The average Bonchev–Trinajstić information content (AvgIpc) is 2.18. The Morgan fingerprint density at radius 2 is 2.31 bits per heavy atom. The Morgan fingerprint density at radius 3 is 2.92 bits per heavy atom. The van der Waals surface area contributed by atoms with Gasteiger partial charge in [-0.15, -0.1) is 0 Å². The van der Waals surface area contributed by atoms with Gasteiger partial charge in [-0.2, -0.15) is 0 Å². The van der Waals surface area contributed by atoms with E-state index in [1.54, 1.807) is 6.08 Å². The summed E-state index contributed by atoms with van der Waals surface area (Å²) in [5.74, 6) is 0. The Hall–Kier alpha value is -1.05. The van der Waals surface area contributed by atoms with Gasteiger partial charge in [-0.1, -0.05) is 23.9 Å². The van der Waals surface area contributed by atoms with Crippen LogP contribution in [0.1, 0.15) is 5.56 Å². The zero-order valence-electron chi connectivity index (χ0n) is 6.90. The second-order valence-electron chi connectivity index (χ2n) is 2.41. The highest BCUT2D eigenvalue weighted by atomic mass is 32.4. The second-order valence-corrected chi connectivity index (χ2v) is 3.66. The molecule has 4 heteroatoms. The quantitative estimate of drug-likeness (QED) is 0.585. The Kier molecular flexibility index (Phi) is 3.74. The minimum Gasteiger partial charge on any atom is -0.405 e. The van der Waals surface area contributed by atoms with Gasteiger partial charge in [0.2, 0.25) is 0 Å². The van der Waals surface area contributed by atoms with E-state index in [9.17, 15) is 0 Å². The van der Waals surface area contributed by atoms with E-state index < -0.39 is 0 Å². The molecule has 0 saturated heterocycles. The van der Waals surface area contributed by atoms with E-state index in [1.807, 2.05) is 24.3 Å². The lowest BCUT2D eigenvalue weighted by molar-refractivity contribution is 1.49. The van der Waals surface area contributed by atoms with E-state index in [4.69, 9.17) is 22.9 Å². The summed E-state index contributed by atoms with van der Waals surface area (Å²) >= 11 is 4.89. The molecule has 66 valence electrons. The van der Waals surface area contributed by atoms with Gasteiger partial charge >= 0.3 is 0 Å². The van der Waals surface area contributed by atoms with Crippen molar-refractivity contribution in [1.82, 2.24) is 0 Å². The Balaban J connectivity index is 3.01. The molecule has 0 bridgehead atoms. The number of rotatable bonds is 3. The molecular formula is C9H9N2PS. The molecule has 0 radical (unpaired) electrons. The van der Waals surface area contributed by atoms with Gasteiger partial charge in [-0.05, 0) is 24.4 Å². The van der Waals surface area contributed by atoms with Crippen molar-refractivity contribution in [2.24, 2.45) is 5.73 Å². The topological polar surface area (TPSA) is 49.9 Å². The van der Waals surface area contributed by atoms with E-state index in [-0.39, 0.29) is 0 Å². The number of nitrogens with one attached hydrogen (secondary N) is 1. The van der Waals surface area contributed by atoms with Gasteiger partial charge in [0, 0.05) is 18.2 Å². The molecule has 0 aliphatic heterocycles. The summed E-state index contributed by atoms with van der Waals surface area (Å²) < 4.78 is 0. The summed E-state index contributed by atoms with van der Waals surface area (Å²) in [5.41, 5.74) is 6.44. The lowest BCUT2D eigenvalue weighted by Gasteiger charge is -1.98. The number of benzene rings is 1. The Labute approximate surface area is 83.8 Å². The van der Waals surface area contributed by atoms with Crippen molar-refractivity contribution in [1.29, 1.82) is 5.41 Å². The van der Waals surface area contributed by atoms with E-state index in [0.29, 0.717) is 5.71 Å². The number of hydrogen-bond donors (Lipinski definition) is 2. The molecule has 13 heavy (non-hydrogen) atoms. The fourth-order valence-corrected chi connectivity index (χ4v) is 1.60. The number of hydrogen-bond acceptors (Lipinski definition) is 3. The minimum absolute atomic E-state index is 0.406. The third-order valence-corrected chi connectivity index (χ3v) is 2.65. The number of nitrogens with two attached hydrogens (primary N) is 1. The molecular weight excluding hydrogens is 199 g/mol. The minimum atomic E-state index is 0.406. The summed E-state index contributed by atoms with van der Waals surface area (Å²) in [5, 5.41) is 8.63. The normalized spacial score (nSPS) is 10.8. The first kappa shape index (κ1) is 10.0. The molecule has 3 N–H and O–H groups in total. The van der Waals surface area contributed by atoms with E-state index in [2.05, 4.69) is 0 Å². The van der Waals surface area contributed by atoms with Gasteiger partial charge in [-0.3, -0.25) is 0 Å². The van der Waals surface area contributed by atoms with Crippen molar-refractivity contribution < 1.29 is 0 Å². The Bertz CT molecular complexity index is 360. The molecule has 0 saturated carbocycles. The van der Waals surface area contributed by atoms with E-state index in [0.717, 1.165) is 18.2 Å². The van der Waals surface area contributed by atoms with Crippen molar-refractivity contribution in [3.63, 3.8) is 0 Å². The highest BCUT2D eigenvalue weighted by molar-refractivity contribution is 7.99. The molecule has 2 nitrogen and oxygen atoms in total. The molecule has 0 fully saturated rings. The van der Waals surface area contributed by atoms with Crippen LogP contribution in [0, 0.1) is 5.41 Å². The summed E-state index contributed by atoms with van der Waals surface area (Å²) in [6.07, 6.45) is 2.92. The summed E-state index contributed by atoms with van der Waals surface area (Å²) in [4.78, 5) is 0. The third-order valence-electron chi connectivity index (χ3n) is 1.53. The van der Waals surface area contributed by atoms with Gasteiger partial charge < -0.3 is 11.1 Å². The fraction of sp³-hybridized carbons (Fsp3) is 0. The van der Waals surface area contributed by atoms with Crippen molar-refractivity contribution in [3.8, 4) is 0 Å². The average molecular weight is 208 g/mol. The smallest absolute Gasteiger partial charge is 0.0626 e. The molecule has 0 spiro atoms. The van der Waals surface area contributed by atoms with Crippen LogP contribution in [0.5, 0.6) is 0 Å². The van der Waals surface area contributed by atoms with Gasteiger partial charge in [0.15, 0.2) is 0 Å². The predicted octanol–water partition coefficient (Wildman–Crippen LogP) is 1.56. The molecule has 0 amide bonds. The molecule has 0 aliphatic rings. The first-order valence-corrected chi connectivity index (χ1v) is 5.59. The van der Waals surface area contributed by atoms with Gasteiger partial charge in [0.25, 0.3) is 0 Å². The first-order valence-electron chi connectivity index (χ1n) is 3.68. The monoisotopic (exact) mass is 208 g/mol. The molecule has 0 aromatic heterocycles. The molecule has 0 atom stereocenters. The van der Waals surface area contributed by atoms with Crippen molar-refractivity contribution in [2.45, 2.75) is 0 Å². The highest BCUT2D eigenvalue weighted by Crippen LogP contribution is 2.03. The van der Waals surface area contributed by atoms with Crippen LogP contribution in [0.4, 0.5) is 0 Å². The predicted molar refractivity (Wildman–Crippen MR) is 60.5 cm³/mol. The zero-order valence-corrected chi connectivity index (χ0v) is 8.61. The molecule has 0 unspecified atom stereocenters. The third kappa shape index (κ3) is 2.72. The van der Waals surface area contributed by atoms with Gasteiger partial charge in [-0.25, -0.2) is 0 Å². The fourth-order valence-electron chi connectivity index (χ4n) is 0.923. The highest BCUT2D eigenvalue weighted by Gasteiger charge is 1.97. The van der Waals surface area contributed by atoms with Gasteiger partial charge in [0.05, 0.1) is 5.71 Å². The zero-order chi connectivity index (χ0) is 9.68. The van der Waals surface area contributed by atoms with Crippen LogP contribution in [-0.2, 0) is 11.8 Å². The summed E-state index contributed by atoms with van der Waals surface area (Å²) in [7, 11) is 0.801. The van der Waals surface area contributed by atoms with Crippen LogP contribution < -0.4 is 11.0 Å². The lowest BCUT2D eigenvalue weighted by Crippen LogP contribution is -2.00. The lowest BCUT2D eigenvalue weighted by atomic mass is 10.1. The standard InChI is InChI=1S/C9H9N2PS/c10-5-4-9(11)7-2-1-3-8(6-7)12-13/h1-6,11H,10H2. The molecule has 0 heterocycles. The van der Waals surface area contributed by atoms with Crippen molar-refractivity contribution in [2.75, 3.05) is 0 Å². The van der Waals surface area contributed by atoms with E-state index >= 15 is 0 Å². The molecule has 1 aromatic rings. The van der Waals surface area contributed by atoms with Gasteiger partial charge in [0.1, 0.15) is 0 Å². The SMILES string of the molecule is N=C(C=CN)c1cccc(P=S)c1. The van der Waals surface area contributed by atoms with E-state index in [1.165, 1.54) is 6.20 Å². The van der Waals surface area contributed by atoms with Crippen LogP contribution in [-0.4, -0.2) is 5.71 Å². The van der Waals surface area contributed by atoms with Crippen molar-refractivity contribution >= 4 is 30.2 Å². The van der Waals surface area contributed by atoms with Crippen LogP contribution >= 0.6 is 7.36 Å². The number of allylic oxidation sites excluding steroid dienone is 1. The second kappa shape index (κ2) is 4.85. The molecule has 1 rings (SSSR count). The maximum absolute atomic E-state index is 7.60.